The van der Waals surface area contributed by atoms with E-state index in [0.717, 1.165) is 18.9 Å². The minimum atomic E-state index is 0.398. The average molecular weight is 276 g/mol. The third kappa shape index (κ3) is 5.51. The lowest BCUT2D eigenvalue weighted by molar-refractivity contribution is 0.268. The lowest BCUT2D eigenvalue weighted by atomic mass is 10.2. The summed E-state index contributed by atoms with van der Waals surface area (Å²) in [5, 5.41) is 3.54. The van der Waals surface area contributed by atoms with Gasteiger partial charge in [0.25, 0.3) is 0 Å². The van der Waals surface area contributed by atoms with Gasteiger partial charge in [0.05, 0.1) is 0 Å². The summed E-state index contributed by atoms with van der Waals surface area (Å²) in [5.74, 6) is 0.960. The maximum atomic E-state index is 5.78. The van der Waals surface area contributed by atoms with Crippen LogP contribution in [-0.4, -0.2) is 43.7 Å². The molecule has 2 rings (SSSR count). The van der Waals surface area contributed by atoms with Gasteiger partial charge >= 0.3 is 0 Å². The lowest BCUT2D eigenvalue weighted by Gasteiger charge is -2.17. The molecule has 1 saturated heterocycles. The van der Waals surface area contributed by atoms with Gasteiger partial charge in [0.1, 0.15) is 12.4 Å². The fraction of sp³-hybridized carbons (Fsp3) is 0.647. The van der Waals surface area contributed by atoms with E-state index in [1.807, 2.05) is 12.1 Å². The molecule has 1 aliphatic rings. The fourth-order valence-corrected chi connectivity index (χ4v) is 2.57. The molecule has 112 valence electrons. The molecule has 0 aromatic heterocycles. The largest absolute Gasteiger partial charge is 0.492 e. The molecule has 1 aromatic rings. The number of benzene rings is 1. The maximum absolute atomic E-state index is 5.78. The van der Waals surface area contributed by atoms with E-state index in [4.69, 9.17) is 4.74 Å². The van der Waals surface area contributed by atoms with Crippen molar-refractivity contribution in [3.05, 3.63) is 29.8 Å². The molecule has 1 aliphatic heterocycles. The third-order valence-electron chi connectivity index (χ3n) is 3.86. The second-order valence-electron chi connectivity index (χ2n) is 5.88. The highest BCUT2D eigenvalue weighted by atomic mass is 16.5. The first-order valence-electron chi connectivity index (χ1n) is 7.89. The fourth-order valence-electron chi connectivity index (χ4n) is 2.57. The highest BCUT2D eigenvalue weighted by molar-refractivity contribution is 5.26. The van der Waals surface area contributed by atoms with Crippen molar-refractivity contribution in [1.82, 2.24) is 10.2 Å². The first-order chi connectivity index (χ1) is 9.74. The Kier molecular flexibility index (Phi) is 6.34. The zero-order chi connectivity index (χ0) is 14.2. The Hall–Kier alpha value is -1.06. The van der Waals surface area contributed by atoms with Gasteiger partial charge in [-0.3, -0.25) is 0 Å². The van der Waals surface area contributed by atoms with E-state index >= 15 is 0 Å². The van der Waals surface area contributed by atoms with Crippen molar-refractivity contribution in [1.29, 1.82) is 0 Å². The van der Waals surface area contributed by atoms with E-state index < -0.39 is 0 Å². The van der Waals surface area contributed by atoms with Gasteiger partial charge in [-0.2, -0.15) is 0 Å². The SMILES string of the molecule is Cc1ccc(OCC(C)NCCCN2CCCC2)cc1. The zero-order valence-electron chi connectivity index (χ0n) is 12.9. The third-order valence-corrected chi connectivity index (χ3v) is 3.86. The number of likely N-dealkylation sites (tertiary alicyclic amines) is 1. The average Bonchev–Trinajstić information content (AvgIpc) is 2.96. The summed E-state index contributed by atoms with van der Waals surface area (Å²) in [5.41, 5.74) is 1.27. The van der Waals surface area contributed by atoms with Crippen LogP contribution >= 0.6 is 0 Å². The Morgan fingerprint density at radius 2 is 1.90 bits per heavy atom. The Morgan fingerprint density at radius 3 is 2.60 bits per heavy atom. The molecular weight excluding hydrogens is 248 g/mol. The van der Waals surface area contributed by atoms with Crippen LogP contribution in [0.1, 0.15) is 31.7 Å². The second kappa shape index (κ2) is 8.28. The normalized spacial score (nSPS) is 17.3. The summed E-state index contributed by atoms with van der Waals surface area (Å²) in [6.45, 7) is 9.91. The van der Waals surface area contributed by atoms with Crippen LogP contribution in [-0.2, 0) is 0 Å². The monoisotopic (exact) mass is 276 g/mol. The van der Waals surface area contributed by atoms with E-state index in [1.54, 1.807) is 0 Å². The highest BCUT2D eigenvalue weighted by Crippen LogP contribution is 2.11. The topological polar surface area (TPSA) is 24.5 Å². The number of hydrogen-bond donors (Lipinski definition) is 1. The summed E-state index contributed by atoms with van der Waals surface area (Å²) in [6.07, 6.45) is 4.00. The van der Waals surface area contributed by atoms with Gasteiger partial charge in [0.15, 0.2) is 0 Å². The minimum Gasteiger partial charge on any atom is -0.492 e. The summed E-state index contributed by atoms with van der Waals surface area (Å²) in [4.78, 5) is 2.56. The van der Waals surface area contributed by atoms with Crippen molar-refractivity contribution in [2.75, 3.05) is 32.8 Å². The van der Waals surface area contributed by atoms with Gasteiger partial charge in [0, 0.05) is 6.04 Å². The van der Waals surface area contributed by atoms with Crippen LogP contribution in [0.15, 0.2) is 24.3 Å². The molecule has 0 amide bonds. The van der Waals surface area contributed by atoms with Crippen LogP contribution in [0.4, 0.5) is 0 Å². The quantitative estimate of drug-likeness (QED) is 0.739. The van der Waals surface area contributed by atoms with E-state index in [0.29, 0.717) is 6.04 Å². The number of aryl methyl sites for hydroxylation is 1. The van der Waals surface area contributed by atoms with Gasteiger partial charge in [-0.1, -0.05) is 17.7 Å². The second-order valence-corrected chi connectivity index (χ2v) is 5.88. The van der Waals surface area contributed by atoms with E-state index in [-0.39, 0.29) is 0 Å². The standard InChI is InChI=1S/C17H28N2O/c1-15-6-8-17(9-7-15)20-14-16(2)18-10-5-13-19-11-3-4-12-19/h6-9,16,18H,3-5,10-14H2,1-2H3. The van der Waals surface area contributed by atoms with Crippen molar-refractivity contribution < 1.29 is 4.74 Å². The molecule has 3 nitrogen and oxygen atoms in total. The molecule has 0 spiro atoms. The van der Waals surface area contributed by atoms with E-state index in [1.165, 1.54) is 44.5 Å². The van der Waals surface area contributed by atoms with Gasteiger partial charge < -0.3 is 15.0 Å². The molecule has 1 aromatic carbocycles. The number of rotatable bonds is 8. The number of nitrogens with one attached hydrogen (secondary N) is 1. The molecule has 1 heterocycles. The van der Waals surface area contributed by atoms with Crippen LogP contribution in [0, 0.1) is 6.92 Å². The molecule has 20 heavy (non-hydrogen) atoms. The van der Waals surface area contributed by atoms with Crippen molar-refractivity contribution in [3.63, 3.8) is 0 Å². The number of nitrogens with zero attached hydrogens (tertiary/aromatic N) is 1. The number of ether oxygens (including phenoxy) is 1. The smallest absolute Gasteiger partial charge is 0.119 e. The van der Waals surface area contributed by atoms with E-state index in [9.17, 15) is 0 Å². The molecule has 0 radical (unpaired) electrons. The Bertz CT molecular complexity index is 371. The molecule has 3 heteroatoms. The number of hydrogen-bond acceptors (Lipinski definition) is 3. The molecule has 1 unspecified atom stereocenters. The summed E-state index contributed by atoms with van der Waals surface area (Å²) < 4.78 is 5.78. The molecule has 1 fully saturated rings. The molecule has 0 aliphatic carbocycles. The van der Waals surface area contributed by atoms with Gasteiger partial charge in [-0.25, -0.2) is 0 Å². The van der Waals surface area contributed by atoms with Crippen molar-refractivity contribution in [2.24, 2.45) is 0 Å². The van der Waals surface area contributed by atoms with Gasteiger partial charge in [-0.15, -0.1) is 0 Å². The van der Waals surface area contributed by atoms with Crippen LogP contribution in [0.25, 0.3) is 0 Å². The van der Waals surface area contributed by atoms with E-state index in [2.05, 4.69) is 36.2 Å². The van der Waals surface area contributed by atoms with Gasteiger partial charge in [0.2, 0.25) is 0 Å². The lowest BCUT2D eigenvalue weighted by Crippen LogP contribution is -2.34. The molecular formula is C17H28N2O. The molecule has 1 atom stereocenters. The Balaban J connectivity index is 1.53. The minimum absolute atomic E-state index is 0.398. The highest BCUT2D eigenvalue weighted by Gasteiger charge is 2.10. The molecule has 0 bridgehead atoms. The molecule has 1 N–H and O–H groups in total. The summed E-state index contributed by atoms with van der Waals surface area (Å²) in [6, 6.07) is 8.65. The first-order valence-corrected chi connectivity index (χ1v) is 7.89. The van der Waals surface area contributed by atoms with Crippen LogP contribution in [0.5, 0.6) is 5.75 Å². The predicted octanol–water partition coefficient (Wildman–Crippen LogP) is 2.84. The zero-order valence-corrected chi connectivity index (χ0v) is 12.9. The molecule has 0 saturated carbocycles. The first kappa shape index (κ1) is 15.3. The maximum Gasteiger partial charge on any atom is 0.119 e. The summed E-state index contributed by atoms with van der Waals surface area (Å²) in [7, 11) is 0. The van der Waals surface area contributed by atoms with Crippen LogP contribution in [0.3, 0.4) is 0 Å². The Labute approximate surface area is 123 Å². The Morgan fingerprint density at radius 1 is 1.20 bits per heavy atom. The summed E-state index contributed by atoms with van der Waals surface area (Å²) >= 11 is 0. The van der Waals surface area contributed by atoms with Crippen molar-refractivity contribution >= 4 is 0 Å². The van der Waals surface area contributed by atoms with Crippen molar-refractivity contribution in [2.45, 2.75) is 39.2 Å². The van der Waals surface area contributed by atoms with Crippen LogP contribution in [0.2, 0.25) is 0 Å². The predicted molar refractivity (Wildman–Crippen MR) is 84.4 cm³/mol. The van der Waals surface area contributed by atoms with Crippen LogP contribution < -0.4 is 10.1 Å². The van der Waals surface area contributed by atoms with Crippen molar-refractivity contribution in [3.8, 4) is 5.75 Å². The van der Waals surface area contributed by atoms with Gasteiger partial charge in [-0.05, 0) is 71.4 Å².